The molecule has 0 saturated heterocycles. The third kappa shape index (κ3) is 38.1. The molecule has 0 spiro atoms. The molecule has 7 N–H and O–H groups in total. The highest BCUT2D eigenvalue weighted by molar-refractivity contribution is 5.75. The molecule has 0 atom stereocenters. The van der Waals surface area contributed by atoms with Crippen LogP contribution in [0, 0.1) is 0 Å². The predicted octanol–water partition coefficient (Wildman–Crippen LogP) is 3.40. The number of hydrogen-bond donors (Lipinski definition) is 6. The number of unbranched alkanes of at least 4 members (excludes halogenated alkanes) is 12. The van der Waals surface area contributed by atoms with E-state index in [1.165, 1.54) is 77.0 Å². The van der Waals surface area contributed by atoms with Gasteiger partial charge >= 0.3 is 0 Å². The van der Waals surface area contributed by atoms with Crippen LogP contribution in [-0.2, 0) is 9.59 Å². The zero-order valence-electron chi connectivity index (χ0n) is 22.4. The van der Waals surface area contributed by atoms with Gasteiger partial charge in [0.1, 0.15) is 0 Å². The SMILES string of the molecule is CC(=O)O.CCCCCCCCCCCCCCCC(=O)NCCNCCNCCNCCN. The minimum atomic E-state index is -0.833. The summed E-state index contributed by atoms with van der Waals surface area (Å²) in [6, 6.07) is 0. The maximum Gasteiger partial charge on any atom is 0.300 e. The number of carboxylic acid groups (broad SMARTS) is 1. The molecular formula is C26H57N5O3. The summed E-state index contributed by atoms with van der Waals surface area (Å²) in [5, 5.41) is 20.4. The molecule has 0 saturated carbocycles. The van der Waals surface area contributed by atoms with Gasteiger partial charge in [0.05, 0.1) is 0 Å². The van der Waals surface area contributed by atoms with E-state index in [0.717, 1.165) is 59.2 Å². The van der Waals surface area contributed by atoms with Gasteiger partial charge in [0, 0.05) is 65.7 Å². The van der Waals surface area contributed by atoms with Gasteiger partial charge in [-0.3, -0.25) is 9.59 Å². The molecule has 8 nitrogen and oxygen atoms in total. The van der Waals surface area contributed by atoms with Crippen molar-refractivity contribution < 1.29 is 14.7 Å². The molecular weight excluding hydrogens is 430 g/mol. The van der Waals surface area contributed by atoms with Crippen molar-refractivity contribution >= 4 is 11.9 Å². The molecule has 0 aromatic carbocycles. The topological polar surface area (TPSA) is 129 Å². The smallest absolute Gasteiger partial charge is 0.300 e. The first-order chi connectivity index (χ1) is 16.5. The first-order valence-corrected chi connectivity index (χ1v) is 13.8. The fourth-order valence-electron chi connectivity index (χ4n) is 3.51. The van der Waals surface area contributed by atoms with Crippen molar-refractivity contribution in [3.8, 4) is 0 Å². The number of nitrogens with two attached hydrogens (primary N) is 1. The number of carbonyl (C=O) groups is 2. The average Bonchev–Trinajstić information content (AvgIpc) is 2.80. The second kappa shape index (κ2) is 31.8. The molecule has 204 valence electrons. The van der Waals surface area contributed by atoms with Crippen molar-refractivity contribution in [1.82, 2.24) is 21.3 Å². The Kier molecular flexibility index (Phi) is 32.7. The van der Waals surface area contributed by atoms with E-state index in [1.54, 1.807) is 0 Å². The molecule has 8 heteroatoms. The number of amides is 1. The molecule has 0 aliphatic heterocycles. The molecule has 0 bridgehead atoms. The van der Waals surface area contributed by atoms with Crippen LogP contribution in [-0.4, -0.2) is 69.3 Å². The van der Waals surface area contributed by atoms with Gasteiger partial charge in [-0.05, 0) is 6.42 Å². The Bertz CT molecular complexity index is 421. The average molecular weight is 488 g/mol. The van der Waals surface area contributed by atoms with Crippen LogP contribution in [0.1, 0.15) is 104 Å². The van der Waals surface area contributed by atoms with E-state index >= 15 is 0 Å². The largest absolute Gasteiger partial charge is 0.481 e. The van der Waals surface area contributed by atoms with E-state index in [9.17, 15) is 4.79 Å². The second-order valence-electron chi connectivity index (χ2n) is 8.90. The van der Waals surface area contributed by atoms with Crippen LogP contribution in [0.4, 0.5) is 0 Å². The number of aliphatic carboxylic acids is 1. The Morgan fingerprint density at radius 2 is 0.971 bits per heavy atom. The predicted molar refractivity (Wildman–Crippen MR) is 144 cm³/mol. The molecule has 0 fully saturated rings. The summed E-state index contributed by atoms with van der Waals surface area (Å²) in [7, 11) is 0. The summed E-state index contributed by atoms with van der Waals surface area (Å²) in [5.74, 6) is -0.635. The number of carbonyl (C=O) groups excluding carboxylic acids is 1. The van der Waals surface area contributed by atoms with Crippen molar-refractivity contribution in [3.05, 3.63) is 0 Å². The third-order valence-electron chi connectivity index (χ3n) is 5.41. The van der Waals surface area contributed by atoms with Crippen molar-refractivity contribution in [2.24, 2.45) is 5.73 Å². The number of carboxylic acids is 1. The van der Waals surface area contributed by atoms with Crippen molar-refractivity contribution in [1.29, 1.82) is 0 Å². The fraction of sp³-hybridized carbons (Fsp3) is 0.923. The van der Waals surface area contributed by atoms with Crippen LogP contribution in [0.5, 0.6) is 0 Å². The lowest BCUT2D eigenvalue weighted by molar-refractivity contribution is -0.134. The van der Waals surface area contributed by atoms with E-state index in [2.05, 4.69) is 28.2 Å². The number of nitrogens with one attached hydrogen (secondary N) is 4. The molecule has 0 aromatic heterocycles. The first-order valence-electron chi connectivity index (χ1n) is 13.8. The highest BCUT2D eigenvalue weighted by Gasteiger charge is 2.00. The zero-order chi connectivity index (χ0) is 25.5. The summed E-state index contributed by atoms with van der Waals surface area (Å²) in [4.78, 5) is 20.8. The van der Waals surface area contributed by atoms with E-state index in [0.29, 0.717) is 13.0 Å². The standard InChI is InChI=1S/C24H53N5O.C2H4O2/c1-2-3-4-5-6-7-8-9-10-11-12-13-14-15-24(30)29-23-22-28-21-20-27-19-18-26-17-16-25;1-2(3)4/h26-28H,2-23,25H2,1H3,(H,29,30);1H3,(H,3,4). The Morgan fingerprint density at radius 3 is 1.38 bits per heavy atom. The molecule has 34 heavy (non-hydrogen) atoms. The monoisotopic (exact) mass is 487 g/mol. The number of hydrogen-bond acceptors (Lipinski definition) is 6. The molecule has 0 unspecified atom stereocenters. The Hall–Kier alpha value is -1.22. The van der Waals surface area contributed by atoms with E-state index in [4.69, 9.17) is 15.6 Å². The van der Waals surface area contributed by atoms with Crippen LogP contribution in [0.15, 0.2) is 0 Å². The van der Waals surface area contributed by atoms with Gasteiger partial charge in [0.15, 0.2) is 0 Å². The minimum absolute atomic E-state index is 0.198. The molecule has 0 heterocycles. The first kappa shape index (κ1) is 34.9. The van der Waals surface area contributed by atoms with E-state index < -0.39 is 5.97 Å². The minimum Gasteiger partial charge on any atom is -0.481 e. The van der Waals surface area contributed by atoms with Gasteiger partial charge in [0.2, 0.25) is 5.91 Å². The summed E-state index contributed by atoms with van der Waals surface area (Å²) in [5.41, 5.74) is 5.41. The van der Waals surface area contributed by atoms with Crippen molar-refractivity contribution in [3.63, 3.8) is 0 Å². The van der Waals surface area contributed by atoms with Crippen LogP contribution in [0.3, 0.4) is 0 Å². The molecule has 1 amide bonds. The van der Waals surface area contributed by atoms with Crippen LogP contribution >= 0.6 is 0 Å². The lowest BCUT2D eigenvalue weighted by Crippen LogP contribution is -2.36. The maximum absolute atomic E-state index is 11.8. The Balaban J connectivity index is 0. The quantitative estimate of drug-likeness (QED) is 0.109. The molecule has 0 aromatic rings. The Morgan fingerprint density at radius 1 is 0.618 bits per heavy atom. The summed E-state index contributed by atoms with van der Waals surface area (Å²) < 4.78 is 0. The van der Waals surface area contributed by atoms with Crippen molar-refractivity contribution in [2.75, 3.05) is 52.4 Å². The van der Waals surface area contributed by atoms with Crippen molar-refractivity contribution in [2.45, 2.75) is 104 Å². The van der Waals surface area contributed by atoms with Gasteiger partial charge in [-0.25, -0.2) is 0 Å². The third-order valence-corrected chi connectivity index (χ3v) is 5.41. The molecule has 0 rings (SSSR count). The number of rotatable bonds is 25. The van der Waals surface area contributed by atoms with Gasteiger partial charge in [-0.2, -0.15) is 0 Å². The summed E-state index contributed by atoms with van der Waals surface area (Å²) >= 11 is 0. The van der Waals surface area contributed by atoms with E-state index in [-0.39, 0.29) is 5.91 Å². The zero-order valence-corrected chi connectivity index (χ0v) is 22.4. The van der Waals surface area contributed by atoms with Crippen LogP contribution in [0.25, 0.3) is 0 Å². The molecule has 0 aliphatic carbocycles. The highest BCUT2D eigenvalue weighted by atomic mass is 16.4. The Labute approximate surface area is 210 Å². The maximum atomic E-state index is 11.8. The summed E-state index contributed by atoms with van der Waals surface area (Å²) in [6.45, 7) is 10.2. The molecule has 0 radical (unpaired) electrons. The lowest BCUT2D eigenvalue weighted by Gasteiger charge is -2.08. The van der Waals surface area contributed by atoms with Crippen LogP contribution in [0.2, 0.25) is 0 Å². The second-order valence-corrected chi connectivity index (χ2v) is 8.90. The molecule has 0 aliphatic rings. The van der Waals surface area contributed by atoms with Gasteiger partial charge in [0.25, 0.3) is 5.97 Å². The van der Waals surface area contributed by atoms with Gasteiger partial charge < -0.3 is 32.1 Å². The fourth-order valence-corrected chi connectivity index (χ4v) is 3.51. The van der Waals surface area contributed by atoms with E-state index in [1.807, 2.05) is 0 Å². The lowest BCUT2D eigenvalue weighted by atomic mass is 10.0. The summed E-state index contributed by atoms with van der Waals surface area (Å²) in [6.07, 6.45) is 18.1. The van der Waals surface area contributed by atoms with Crippen LogP contribution < -0.4 is 27.0 Å². The van der Waals surface area contributed by atoms with Gasteiger partial charge in [-0.15, -0.1) is 0 Å². The normalized spacial score (nSPS) is 10.6. The highest BCUT2D eigenvalue weighted by Crippen LogP contribution is 2.12. The van der Waals surface area contributed by atoms with Gasteiger partial charge in [-0.1, -0.05) is 84.0 Å².